The minimum absolute atomic E-state index is 0.155. The number of rotatable bonds is 5. The highest BCUT2D eigenvalue weighted by molar-refractivity contribution is 7.98. The van der Waals surface area contributed by atoms with Crippen LogP contribution in [0.1, 0.15) is 32.3 Å². The second-order valence-electron chi connectivity index (χ2n) is 5.04. The highest BCUT2D eigenvalue weighted by Gasteiger charge is 2.11. The number of imidazole rings is 1. The van der Waals surface area contributed by atoms with Crippen molar-refractivity contribution < 1.29 is 0 Å². The molecule has 0 unspecified atom stereocenters. The average molecular weight is 241 g/mol. The van der Waals surface area contributed by atoms with Crippen molar-refractivity contribution in [1.82, 2.24) is 14.9 Å². The molecule has 1 N–H and O–H groups in total. The molecule has 0 amide bonds. The first-order valence-corrected chi connectivity index (χ1v) is 7.08. The van der Waals surface area contributed by atoms with E-state index in [1.165, 1.54) is 5.69 Å². The molecule has 0 atom stereocenters. The minimum Gasteiger partial charge on any atom is -0.330 e. The average Bonchev–Trinajstić information content (AvgIpc) is 2.52. The monoisotopic (exact) mass is 241 g/mol. The molecule has 0 bridgehead atoms. The van der Waals surface area contributed by atoms with Gasteiger partial charge in [0.1, 0.15) is 5.82 Å². The highest BCUT2D eigenvalue weighted by atomic mass is 32.2. The van der Waals surface area contributed by atoms with Gasteiger partial charge in [0.15, 0.2) is 0 Å². The molecule has 0 radical (unpaired) electrons. The third-order valence-electron chi connectivity index (χ3n) is 2.46. The molecule has 1 aromatic heterocycles. The van der Waals surface area contributed by atoms with Crippen molar-refractivity contribution in [3.63, 3.8) is 0 Å². The largest absolute Gasteiger partial charge is 0.330 e. The molecule has 0 saturated heterocycles. The van der Waals surface area contributed by atoms with Crippen LogP contribution in [0, 0.1) is 6.92 Å². The van der Waals surface area contributed by atoms with Crippen LogP contribution in [0.25, 0.3) is 0 Å². The maximum atomic E-state index is 4.38. The molecule has 0 aliphatic rings. The van der Waals surface area contributed by atoms with Crippen molar-refractivity contribution in [2.75, 3.05) is 12.0 Å². The van der Waals surface area contributed by atoms with Crippen LogP contribution < -0.4 is 5.32 Å². The van der Waals surface area contributed by atoms with Gasteiger partial charge in [0.05, 0.1) is 5.69 Å². The van der Waals surface area contributed by atoms with E-state index in [0.717, 1.165) is 24.7 Å². The highest BCUT2D eigenvalue weighted by Crippen LogP contribution is 2.08. The van der Waals surface area contributed by atoms with Crippen molar-refractivity contribution in [2.45, 2.75) is 46.3 Å². The van der Waals surface area contributed by atoms with Gasteiger partial charge in [0.2, 0.25) is 0 Å². The molecule has 0 aliphatic carbocycles. The van der Waals surface area contributed by atoms with Crippen molar-refractivity contribution >= 4 is 11.8 Å². The van der Waals surface area contributed by atoms with E-state index in [2.05, 4.69) is 48.8 Å². The molecule has 16 heavy (non-hydrogen) atoms. The molecule has 1 heterocycles. The van der Waals surface area contributed by atoms with E-state index in [-0.39, 0.29) is 5.54 Å². The zero-order valence-electron chi connectivity index (χ0n) is 11.0. The van der Waals surface area contributed by atoms with E-state index >= 15 is 0 Å². The maximum Gasteiger partial charge on any atom is 0.105 e. The number of hydrogen-bond donors (Lipinski definition) is 1. The number of aryl methyl sites for hydroxylation is 1. The fourth-order valence-corrected chi connectivity index (χ4v) is 1.87. The quantitative estimate of drug-likeness (QED) is 0.859. The first kappa shape index (κ1) is 13.6. The van der Waals surface area contributed by atoms with Crippen LogP contribution in [-0.2, 0) is 13.1 Å². The number of thioether (sulfide) groups is 1. The Kier molecular flexibility index (Phi) is 4.87. The lowest BCUT2D eigenvalue weighted by atomic mass is 10.1. The van der Waals surface area contributed by atoms with Gasteiger partial charge in [-0.1, -0.05) is 0 Å². The summed E-state index contributed by atoms with van der Waals surface area (Å²) in [6, 6.07) is 0. The van der Waals surface area contributed by atoms with Crippen molar-refractivity contribution in [2.24, 2.45) is 0 Å². The zero-order valence-corrected chi connectivity index (χ0v) is 11.8. The number of nitrogens with zero attached hydrogens (tertiary/aromatic N) is 2. The van der Waals surface area contributed by atoms with Gasteiger partial charge in [0.25, 0.3) is 0 Å². The Balaban J connectivity index is 2.65. The van der Waals surface area contributed by atoms with Gasteiger partial charge in [-0.05, 0) is 34.0 Å². The lowest BCUT2D eigenvalue weighted by Gasteiger charge is -2.21. The van der Waals surface area contributed by atoms with E-state index in [9.17, 15) is 0 Å². The first-order chi connectivity index (χ1) is 7.44. The van der Waals surface area contributed by atoms with E-state index in [0.29, 0.717) is 0 Å². The lowest BCUT2D eigenvalue weighted by molar-refractivity contribution is 0.416. The SMILES string of the molecule is CSCCn1c(CNC(C)(C)C)cnc1C. The van der Waals surface area contributed by atoms with Gasteiger partial charge in [0, 0.05) is 30.6 Å². The van der Waals surface area contributed by atoms with Gasteiger partial charge in [-0.15, -0.1) is 0 Å². The summed E-state index contributed by atoms with van der Waals surface area (Å²) in [6.07, 6.45) is 4.12. The van der Waals surface area contributed by atoms with Gasteiger partial charge in [-0.2, -0.15) is 11.8 Å². The van der Waals surface area contributed by atoms with Crippen LogP contribution in [0.3, 0.4) is 0 Å². The third kappa shape index (κ3) is 4.18. The Morgan fingerprint density at radius 2 is 2.12 bits per heavy atom. The number of aromatic nitrogens is 2. The summed E-state index contributed by atoms with van der Waals surface area (Å²) < 4.78 is 2.30. The zero-order chi connectivity index (χ0) is 12.2. The molecule has 0 aromatic carbocycles. The van der Waals surface area contributed by atoms with Crippen molar-refractivity contribution in [3.05, 3.63) is 17.7 Å². The lowest BCUT2D eigenvalue weighted by Crippen LogP contribution is -2.35. The summed E-state index contributed by atoms with van der Waals surface area (Å²) in [7, 11) is 0. The van der Waals surface area contributed by atoms with Gasteiger partial charge >= 0.3 is 0 Å². The molecule has 0 spiro atoms. The Labute approximate surface area is 103 Å². The molecule has 0 aliphatic heterocycles. The molecule has 1 aromatic rings. The Bertz CT molecular complexity index is 325. The summed E-state index contributed by atoms with van der Waals surface area (Å²) in [5.74, 6) is 2.25. The molecule has 0 fully saturated rings. The summed E-state index contributed by atoms with van der Waals surface area (Å²) in [5, 5.41) is 3.50. The maximum absolute atomic E-state index is 4.38. The fourth-order valence-electron chi connectivity index (χ4n) is 1.50. The number of nitrogens with one attached hydrogen (secondary N) is 1. The molecular formula is C12H23N3S. The molecule has 92 valence electrons. The first-order valence-electron chi connectivity index (χ1n) is 5.69. The normalized spacial score (nSPS) is 12.1. The van der Waals surface area contributed by atoms with Crippen LogP contribution in [-0.4, -0.2) is 27.1 Å². The summed E-state index contributed by atoms with van der Waals surface area (Å²) >= 11 is 1.87. The predicted octanol–water partition coefficient (Wildman–Crippen LogP) is 2.44. The second kappa shape index (κ2) is 5.73. The van der Waals surface area contributed by atoms with E-state index in [1.807, 2.05) is 18.0 Å². The van der Waals surface area contributed by atoms with Crippen LogP contribution >= 0.6 is 11.8 Å². The van der Waals surface area contributed by atoms with Crippen LogP contribution in [0.15, 0.2) is 6.20 Å². The van der Waals surface area contributed by atoms with Gasteiger partial charge in [-0.3, -0.25) is 0 Å². The van der Waals surface area contributed by atoms with Crippen LogP contribution in [0.4, 0.5) is 0 Å². The topological polar surface area (TPSA) is 29.9 Å². The summed E-state index contributed by atoms with van der Waals surface area (Å²) in [4.78, 5) is 4.38. The van der Waals surface area contributed by atoms with Crippen molar-refractivity contribution in [3.8, 4) is 0 Å². The van der Waals surface area contributed by atoms with E-state index < -0.39 is 0 Å². The Morgan fingerprint density at radius 3 is 2.69 bits per heavy atom. The van der Waals surface area contributed by atoms with Crippen molar-refractivity contribution in [1.29, 1.82) is 0 Å². The van der Waals surface area contributed by atoms with Crippen LogP contribution in [0.5, 0.6) is 0 Å². The van der Waals surface area contributed by atoms with Crippen LogP contribution in [0.2, 0.25) is 0 Å². The second-order valence-corrected chi connectivity index (χ2v) is 6.03. The van der Waals surface area contributed by atoms with Gasteiger partial charge in [-0.25, -0.2) is 4.98 Å². The molecule has 3 nitrogen and oxygen atoms in total. The predicted molar refractivity (Wildman–Crippen MR) is 71.9 cm³/mol. The summed E-state index contributed by atoms with van der Waals surface area (Å²) in [6.45, 7) is 10.6. The number of hydrogen-bond acceptors (Lipinski definition) is 3. The smallest absolute Gasteiger partial charge is 0.105 e. The third-order valence-corrected chi connectivity index (χ3v) is 3.05. The molecular weight excluding hydrogens is 218 g/mol. The van der Waals surface area contributed by atoms with E-state index in [1.54, 1.807) is 0 Å². The minimum atomic E-state index is 0.155. The summed E-state index contributed by atoms with van der Waals surface area (Å²) in [5.41, 5.74) is 1.43. The Hall–Kier alpha value is -0.480. The Morgan fingerprint density at radius 1 is 1.44 bits per heavy atom. The van der Waals surface area contributed by atoms with E-state index in [4.69, 9.17) is 0 Å². The standard InChI is InChI=1S/C12H23N3S/c1-10-13-8-11(9-14-12(2,3)4)15(10)6-7-16-5/h8,14H,6-7,9H2,1-5H3. The fraction of sp³-hybridized carbons (Fsp3) is 0.750. The molecule has 1 rings (SSSR count). The van der Waals surface area contributed by atoms with Gasteiger partial charge < -0.3 is 9.88 Å². The molecule has 0 saturated carbocycles. The molecule has 4 heteroatoms.